The molecule has 20 heavy (non-hydrogen) atoms. The molecule has 0 unspecified atom stereocenters. The van der Waals surface area contributed by atoms with Crippen molar-refractivity contribution in [3.63, 3.8) is 0 Å². The minimum Gasteiger partial charge on any atom is -0.390 e. The number of carbonyl (C=O) groups excluding carboxylic acids is 1. The summed E-state index contributed by atoms with van der Waals surface area (Å²) in [6, 6.07) is 10.8. The van der Waals surface area contributed by atoms with Crippen molar-refractivity contribution in [3.05, 3.63) is 63.9 Å². The number of aliphatic hydroxyl groups excluding tert-OH is 1. The van der Waals surface area contributed by atoms with E-state index >= 15 is 0 Å². The summed E-state index contributed by atoms with van der Waals surface area (Å²) < 4.78 is 0.820. The number of rotatable bonds is 2. The van der Waals surface area contributed by atoms with E-state index in [1.807, 2.05) is 24.3 Å². The Morgan fingerprint density at radius 1 is 1.30 bits per heavy atom. The molecular formula is C15H13BrN2O2. The van der Waals surface area contributed by atoms with Crippen LogP contribution < -0.4 is 5.32 Å². The topological polar surface area (TPSA) is 62.2 Å². The van der Waals surface area contributed by atoms with E-state index in [0.717, 1.165) is 15.6 Å². The van der Waals surface area contributed by atoms with Crippen LogP contribution in [-0.4, -0.2) is 22.1 Å². The fourth-order valence-electron chi connectivity index (χ4n) is 2.47. The SMILES string of the molecule is O=C(N[C@H]1c2ccccc2C[C@H]1O)c1ccc(Br)cn1. The van der Waals surface area contributed by atoms with E-state index in [1.165, 1.54) is 0 Å². The molecule has 102 valence electrons. The molecule has 3 rings (SSSR count). The summed E-state index contributed by atoms with van der Waals surface area (Å²) >= 11 is 3.28. The third-order valence-electron chi connectivity index (χ3n) is 3.45. The van der Waals surface area contributed by atoms with Gasteiger partial charge in [-0.3, -0.25) is 4.79 Å². The van der Waals surface area contributed by atoms with E-state index in [9.17, 15) is 9.90 Å². The van der Waals surface area contributed by atoms with Gasteiger partial charge in [-0.1, -0.05) is 24.3 Å². The van der Waals surface area contributed by atoms with Crippen molar-refractivity contribution >= 4 is 21.8 Å². The van der Waals surface area contributed by atoms with E-state index in [1.54, 1.807) is 18.3 Å². The zero-order valence-electron chi connectivity index (χ0n) is 10.6. The van der Waals surface area contributed by atoms with Gasteiger partial charge in [-0.05, 0) is 39.2 Å². The lowest BCUT2D eigenvalue weighted by Crippen LogP contribution is -2.34. The Morgan fingerprint density at radius 3 is 2.85 bits per heavy atom. The van der Waals surface area contributed by atoms with Gasteiger partial charge >= 0.3 is 0 Å². The highest BCUT2D eigenvalue weighted by Crippen LogP contribution is 2.31. The maximum atomic E-state index is 12.2. The molecule has 1 amide bonds. The largest absolute Gasteiger partial charge is 0.390 e. The van der Waals surface area contributed by atoms with Crippen LogP contribution in [0, 0.1) is 0 Å². The smallest absolute Gasteiger partial charge is 0.270 e. The molecule has 1 aromatic heterocycles. The van der Waals surface area contributed by atoms with Gasteiger partial charge in [-0.15, -0.1) is 0 Å². The molecule has 0 saturated carbocycles. The normalized spacial score (nSPS) is 20.5. The molecule has 0 bridgehead atoms. The summed E-state index contributed by atoms with van der Waals surface area (Å²) in [5, 5.41) is 13.0. The molecule has 0 aliphatic heterocycles. The minimum absolute atomic E-state index is 0.279. The van der Waals surface area contributed by atoms with E-state index in [-0.39, 0.29) is 11.9 Å². The molecule has 1 aromatic carbocycles. The van der Waals surface area contributed by atoms with Crippen LogP contribution in [0.2, 0.25) is 0 Å². The number of hydrogen-bond acceptors (Lipinski definition) is 3. The number of halogens is 1. The second-order valence-electron chi connectivity index (χ2n) is 4.78. The zero-order valence-corrected chi connectivity index (χ0v) is 12.2. The monoisotopic (exact) mass is 332 g/mol. The number of amides is 1. The minimum atomic E-state index is -0.591. The highest BCUT2D eigenvalue weighted by molar-refractivity contribution is 9.10. The molecule has 2 atom stereocenters. The summed E-state index contributed by atoms with van der Waals surface area (Å²) in [4.78, 5) is 16.2. The molecule has 1 heterocycles. The number of nitrogens with zero attached hydrogens (tertiary/aromatic N) is 1. The van der Waals surface area contributed by atoms with Crippen LogP contribution in [0.15, 0.2) is 47.1 Å². The average molecular weight is 333 g/mol. The first-order chi connectivity index (χ1) is 9.65. The Kier molecular flexibility index (Phi) is 3.54. The number of pyridine rings is 1. The van der Waals surface area contributed by atoms with Crippen LogP contribution in [0.3, 0.4) is 0 Å². The van der Waals surface area contributed by atoms with E-state index in [0.29, 0.717) is 12.1 Å². The van der Waals surface area contributed by atoms with Crippen molar-refractivity contribution in [1.82, 2.24) is 10.3 Å². The van der Waals surface area contributed by atoms with Crippen LogP contribution in [0.1, 0.15) is 27.7 Å². The first-order valence-corrected chi connectivity index (χ1v) is 7.13. The number of benzene rings is 1. The van der Waals surface area contributed by atoms with Crippen LogP contribution >= 0.6 is 15.9 Å². The molecular weight excluding hydrogens is 320 g/mol. The average Bonchev–Trinajstić information content (AvgIpc) is 2.76. The number of hydrogen-bond donors (Lipinski definition) is 2. The summed E-state index contributed by atoms with van der Waals surface area (Å²) in [5.74, 6) is -0.279. The standard InChI is InChI=1S/C15H13BrN2O2/c16-10-5-6-12(17-8-10)15(20)18-14-11-4-2-1-3-9(11)7-13(14)19/h1-6,8,13-14,19H,7H2,(H,18,20)/t13-,14+/m1/s1. The van der Waals surface area contributed by atoms with Gasteiger partial charge in [0.15, 0.2) is 0 Å². The summed E-state index contributed by atoms with van der Waals surface area (Å²) in [6.45, 7) is 0. The second kappa shape index (κ2) is 5.34. The predicted octanol–water partition coefficient (Wildman–Crippen LogP) is 2.23. The van der Waals surface area contributed by atoms with Gasteiger partial charge in [0.1, 0.15) is 5.69 Å². The number of fused-ring (bicyclic) bond motifs is 1. The Hall–Kier alpha value is -1.72. The maximum absolute atomic E-state index is 12.2. The highest BCUT2D eigenvalue weighted by atomic mass is 79.9. The van der Waals surface area contributed by atoms with Crippen molar-refractivity contribution in [2.45, 2.75) is 18.6 Å². The lowest BCUT2D eigenvalue weighted by Gasteiger charge is -2.17. The van der Waals surface area contributed by atoms with Gasteiger partial charge in [0.05, 0.1) is 12.1 Å². The third kappa shape index (κ3) is 2.46. The van der Waals surface area contributed by atoms with Crippen LogP contribution in [-0.2, 0) is 6.42 Å². The first-order valence-electron chi connectivity index (χ1n) is 6.33. The Labute approximate surface area is 125 Å². The summed E-state index contributed by atoms with van der Waals surface area (Å²) in [5.41, 5.74) is 2.39. The van der Waals surface area contributed by atoms with Gasteiger partial charge in [0.25, 0.3) is 5.91 Å². The molecule has 0 saturated heterocycles. The number of carbonyl (C=O) groups is 1. The van der Waals surface area contributed by atoms with E-state index in [4.69, 9.17) is 0 Å². The summed E-state index contributed by atoms with van der Waals surface area (Å²) in [6.07, 6.45) is 1.55. The van der Waals surface area contributed by atoms with Gasteiger partial charge in [0.2, 0.25) is 0 Å². The van der Waals surface area contributed by atoms with Crippen molar-refractivity contribution in [1.29, 1.82) is 0 Å². The van der Waals surface area contributed by atoms with Crippen molar-refractivity contribution in [2.24, 2.45) is 0 Å². The molecule has 5 heteroatoms. The number of aliphatic hydroxyl groups is 1. The van der Waals surface area contributed by atoms with Crippen molar-refractivity contribution in [3.8, 4) is 0 Å². The first kappa shape index (κ1) is 13.3. The fraction of sp³-hybridized carbons (Fsp3) is 0.200. The Balaban J connectivity index is 1.81. The van der Waals surface area contributed by atoms with Crippen LogP contribution in [0.4, 0.5) is 0 Å². The lowest BCUT2D eigenvalue weighted by molar-refractivity contribution is 0.0853. The molecule has 2 N–H and O–H groups in total. The van der Waals surface area contributed by atoms with Crippen molar-refractivity contribution < 1.29 is 9.90 Å². The van der Waals surface area contributed by atoms with Gasteiger partial charge < -0.3 is 10.4 Å². The van der Waals surface area contributed by atoms with Crippen LogP contribution in [0.5, 0.6) is 0 Å². The maximum Gasteiger partial charge on any atom is 0.270 e. The van der Waals surface area contributed by atoms with E-state index < -0.39 is 6.10 Å². The third-order valence-corrected chi connectivity index (χ3v) is 3.92. The Bertz CT molecular complexity index is 643. The Morgan fingerprint density at radius 2 is 2.10 bits per heavy atom. The molecule has 2 aromatic rings. The summed E-state index contributed by atoms with van der Waals surface area (Å²) in [7, 11) is 0. The predicted molar refractivity (Wildman–Crippen MR) is 78.3 cm³/mol. The highest BCUT2D eigenvalue weighted by Gasteiger charge is 2.32. The second-order valence-corrected chi connectivity index (χ2v) is 5.70. The van der Waals surface area contributed by atoms with Gasteiger partial charge in [-0.2, -0.15) is 0 Å². The van der Waals surface area contributed by atoms with Crippen molar-refractivity contribution in [2.75, 3.05) is 0 Å². The molecule has 0 spiro atoms. The van der Waals surface area contributed by atoms with Crippen LogP contribution in [0.25, 0.3) is 0 Å². The van der Waals surface area contributed by atoms with Gasteiger partial charge in [0, 0.05) is 17.1 Å². The molecule has 0 radical (unpaired) electrons. The number of nitrogens with one attached hydrogen (secondary N) is 1. The molecule has 1 aliphatic rings. The molecule has 4 nitrogen and oxygen atoms in total. The number of aromatic nitrogens is 1. The quantitative estimate of drug-likeness (QED) is 0.886. The van der Waals surface area contributed by atoms with E-state index in [2.05, 4.69) is 26.2 Å². The molecule has 1 aliphatic carbocycles. The fourth-order valence-corrected chi connectivity index (χ4v) is 2.71. The lowest BCUT2D eigenvalue weighted by atomic mass is 10.1. The zero-order chi connectivity index (χ0) is 14.1. The molecule has 0 fully saturated rings. The van der Waals surface area contributed by atoms with Gasteiger partial charge in [-0.25, -0.2) is 4.98 Å².